The summed E-state index contributed by atoms with van der Waals surface area (Å²) in [5, 5.41) is 15.4. The molecule has 1 atom stereocenters. The molecule has 2 heterocycles. The molecule has 1 saturated carbocycles. The van der Waals surface area contributed by atoms with Gasteiger partial charge < -0.3 is 20.1 Å². The summed E-state index contributed by atoms with van der Waals surface area (Å²) in [6.07, 6.45) is 3.03. The first-order valence-electron chi connectivity index (χ1n) is 11.1. The Morgan fingerprint density at radius 1 is 1.15 bits per heavy atom. The molecule has 2 bridgehead atoms. The fraction of sp³-hybridized carbons (Fsp3) is 0.400. The number of aryl methyl sites for hydroxylation is 1. The highest BCUT2D eigenvalue weighted by atomic mass is 35.5. The van der Waals surface area contributed by atoms with Crippen molar-refractivity contribution in [2.75, 3.05) is 13.2 Å². The van der Waals surface area contributed by atoms with Crippen LogP contribution in [0.25, 0.3) is 0 Å². The van der Waals surface area contributed by atoms with Gasteiger partial charge in [0.15, 0.2) is 0 Å². The number of hydrogen-bond acceptors (Lipinski definition) is 5. The second-order valence-corrected chi connectivity index (χ2v) is 8.99. The molecule has 7 nitrogen and oxygen atoms in total. The van der Waals surface area contributed by atoms with E-state index in [1.165, 1.54) is 6.07 Å². The van der Waals surface area contributed by atoms with Crippen molar-refractivity contribution in [2.45, 2.75) is 50.6 Å². The maximum absolute atomic E-state index is 13.2. The first-order chi connectivity index (χ1) is 15.9. The van der Waals surface area contributed by atoms with Gasteiger partial charge in [0.1, 0.15) is 23.1 Å². The number of nitrogens with one attached hydrogen (secondary N) is 2. The van der Waals surface area contributed by atoms with E-state index in [9.17, 15) is 14.9 Å². The van der Waals surface area contributed by atoms with Crippen molar-refractivity contribution in [3.05, 3.63) is 58.1 Å². The van der Waals surface area contributed by atoms with E-state index in [-0.39, 0.29) is 12.0 Å². The quantitative estimate of drug-likeness (QED) is 0.701. The second kappa shape index (κ2) is 9.72. The Balaban J connectivity index is 1.66. The minimum atomic E-state index is -0.880. The summed E-state index contributed by atoms with van der Waals surface area (Å²) < 4.78 is 11.7. The van der Waals surface area contributed by atoms with Crippen LogP contribution in [0, 0.1) is 18.3 Å². The molecule has 0 radical (unpaired) electrons. The number of ether oxygens (including phenoxy) is 2. The molecule has 2 amide bonds. The van der Waals surface area contributed by atoms with Gasteiger partial charge in [0.2, 0.25) is 5.91 Å². The van der Waals surface area contributed by atoms with E-state index < -0.39 is 23.4 Å². The molecule has 2 N–H and O–H groups in total. The van der Waals surface area contributed by atoms with E-state index in [1.807, 2.05) is 25.1 Å². The third-order valence-corrected chi connectivity index (χ3v) is 6.10. The van der Waals surface area contributed by atoms with Crippen LogP contribution in [0.4, 0.5) is 0 Å². The number of nitriles is 1. The van der Waals surface area contributed by atoms with Crippen molar-refractivity contribution in [2.24, 2.45) is 0 Å². The Hall–Kier alpha value is -3.24. The average molecular weight is 468 g/mol. The van der Waals surface area contributed by atoms with Crippen molar-refractivity contribution in [1.82, 2.24) is 10.6 Å². The number of nitrogens with zero attached hydrogens (tertiary/aromatic N) is 1. The number of rotatable bonds is 2. The third-order valence-electron chi connectivity index (χ3n) is 5.87. The van der Waals surface area contributed by atoms with Gasteiger partial charge in [-0.2, -0.15) is 5.26 Å². The summed E-state index contributed by atoms with van der Waals surface area (Å²) in [6.45, 7) is 2.92. The van der Waals surface area contributed by atoms with Crippen LogP contribution < -0.4 is 20.1 Å². The number of benzene rings is 2. The number of carbonyl (C=O) groups is 2. The molecule has 5 rings (SSSR count). The van der Waals surface area contributed by atoms with Crippen molar-refractivity contribution in [3.63, 3.8) is 0 Å². The van der Waals surface area contributed by atoms with Crippen LogP contribution in [0.2, 0.25) is 5.02 Å². The van der Waals surface area contributed by atoms with Gasteiger partial charge in [-0.1, -0.05) is 23.7 Å². The Labute approximate surface area is 198 Å². The van der Waals surface area contributed by atoms with Crippen LogP contribution >= 0.6 is 11.6 Å². The summed E-state index contributed by atoms with van der Waals surface area (Å²) in [5.74, 6) is 0.335. The van der Waals surface area contributed by atoms with E-state index in [0.29, 0.717) is 36.8 Å². The Kier molecular flexibility index (Phi) is 6.75. The Morgan fingerprint density at radius 3 is 2.52 bits per heavy atom. The molecule has 3 aliphatic rings. The fourth-order valence-corrected chi connectivity index (χ4v) is 3.94. The van der Waals surface area contributed by atoms with Crippen molar-refractivity contribution in [3.8, 4) is 17.6 Å². The molecule has 2 aromatic carbocycles. The zero-order valence-corrected chi connectivity index (χ0v) is 19.2. The van der Waals surface area contributed by atoms with Crippen molar-refractivity contribution >= 4 is 23.4 Å². The zero-order valence-electron chi connectivity index (χ0n) is 18.4. The van der Waals surface area contributed by atoms with Gasteiger partial charge in [0.25, 0.3) is 5.91 Å². The molecular weight excluding hydrogens is 442 g/mol. The summed E-state index contributed by atoms with van der Waals surface area (Å²) >= 11 is 6.14. The lowest BCUT2D eigenvalue weighted by Crippen LogP contribution is -2.51. The van der Waals surface area contributed by atoms with E-state index in [2.05, 4.69) is 16.7 Å². The standard InChI is InChI=1S/C25H26ClN3O4/c1-16-12-17-4-6-21(16)32-10-2-3-11-33-22-7-5-18(26)14-19(22)23(30)28-20(13-17)24(31)29-25(15-27)8-9-25/h4-7,12,14,20H,2-3,8-11,13H2,1H3,(H,28,30)(H,29,31)/t20-/m0/s1. The average Bonchev–Trinajstić information content (AvgIpc) is 3.56. The molecule has 0 saturated heterocycles. The predicted molar refractivity (Wildman–Crippen MR) is 124 cm³/mol. The highest BCUT2D eigenvalue weighted by molar-refractivity contribution is 6.31. The van der Waals surface area contributed by atoms with Crippen LogP contribution in [0.1, 0.15) is 47.2 Å². The summed E-state index contributed by atoms with van der Waals surface area (Å²) in [5.41, 5.74) is 1.25. The van der Waals surface area contributed by atoms with Gasteiger partial charge in [0, 0.05) is 11.4 Å². The maximum Gasteiger partial charge on any atom is 0.255 e. The molecule has 172 valence electrons. The summed E-state index contributed by atoms with van der Waals surface area (Å²) in [6, 6.07) is 11.9. The first-order valence-corrected chi connectivity index (χ1v) is 11.5. The fourth-order valence-electron chi connectivity index (χ4n) is 3.77. The molecule has 8 heteroatoms. The third kappa shape index (κ3) is 5.58. The van der Waals surface area contributed by atoms with Gasteiger partial charge >= 0.3 is 0 Å². The van der Waals surface area contributed by atoms with Gasteiger partial charge in [-0.25, -0.2) is 0 Å². The van der Waals surface area contributed by atoms with Crippen molar-refractivity contribution < 1.29 is 19.1 Å². The van der Waals surface area contributed by atoms with Gasteiger partial charge in [-0.15, -0.1) is 0 Å². The van der Waals surface area contributed by atoms with Crippen LogP contribution in [0.5, 0.6) is 11.5 Å². The summed E-state index contributed by atoms with van der Waals surface area (Å²) in [4.78, 5) is 26.3. The lowest BCUT2D eigenvalue weighted by atomic mass is 10.0. The SMILES string of the molecule is Cc1cc2ccc1OCCCCOc1ccc(Cl)cc1C(=O)N[C@H](C(=O)NC1(C#N)CC1)C2. The number of fused-ring (bicyclic) bond motifs is 10. The molecule has 1 fully saturated rings. The number of carbonyl (C=O) groups excluding carboxylic acids is 2. The molecular formula is C25H26ClN3O4. The van der Waals surface area contributed by atoms with Gasteiger partial charge in [0.05, 0.1) is 24.8 Å². The predicted octanol–water partition coefficient (Wildman–Crippen LogP) is 3.71. The van der Waals surface area contributed by atoms with E-state index >= 15 is 0 Å². The van der Waals surface area contributed by atoms with Crippen LogP contribution in [-0.4, -0.2) is 36.6 Å². The topological polar surface area (TPSA) is 100 Å². The number of halogens is 1. The normalized spacial score (nSPS) is 19.8. The van der Waals surface area contributed by atoms with Gasteiger partial charge in [-0.3, -0.25) is 9.59 Å². The molecule has 0 aromatic heterocycles. The molecule has 33 heavy (non-hydrogen) atoms. The largest absolute Gasteiger partial charge is 0.493 e. The minimum Gasteiger partial charge on any atom is -0.493 e. The van der Waals surface area contributed by atoms with Crippen LogP contribution in [0.3, 0.4) is 0 Å². The molecule has 2 aliphatic heterocycles. The van der Waals surface area contributed by atoms with Crippen LogP contribution in [0.15, 0.2) is 36.4 Å². The van der Waals surface area contributed by atoms with Crippen LogP contribution in [-0.2, 0) is 11.2 Å². The zero-order chi connectivity index (χ0) is 23.4. The molecule has 0 unspecified atom stereocenters. The maximum atomic E-state index is 13.2. The Morgan fingerprint density at radius 2 is 1.85 bits per heavy atom. The molecule has 0 spiro atoms. The Bertz CT molecular complexity index is 1110. The van der Waals surface area contributed by atoms with Crippen molar-refractivity contribution in [1.29, 1.82) is 5.26 Å². The van der Waals surface area contributed by atoms with E-state index in [0.717, 1.165) is 29.7 Å². The monoisotopic (exact) mass is 467 g/mol. The van der Waals surface area contributed by atoms with E-state index in [4.69, 9.17) is 21.1 Å². The lowest BCUT2D eigenvalue weighted by Gasteiger charge is -2.22. The van der Waals surface area contributed by atoms with Gasteiger partial charge in [-0.05, 0) is 68.0 Å². The lowest BCUT2D eigenvalue weighted by molar-refractivity contribution is -0.123. The highest BCUT2D eigenvalue weighted by Crippen LogP contribution is 2.34. The second-order valence-electron chi connectivity index (χ2n) is 8.56. The van der Waals surface area contributed by atoms with E-state index in [1.54, 1.807) is 12.1 Å². The summed E-state index contributed by atoms with van der Waals surface area (Å²) in [7, 11) is 0. The number of hydrogen-bond donors (Lipinski definition) is 2. The molecule has 1 aliphatic carbocycles. The first kappa shape index (κ1) is 22.9. The number of amides is 2. The highest BCUT2D eigenvalue weighted by Gasteiger charge is 2.45. The smallest absolute Gasteiger partial charge is 0.255 e. The minimum absolute atomic E-state index is 0.261. The molecule has 2 aromatic rings.